The summed E-state index contributed by atoms with van der Waals surface area (Å²) in [5.74, 6) is -1.99. The number of carbonyl (C=O) groups is 1. The number of pyridine rings is 1. The number of aryl methyl sites for hydroxylation is 2. The molecule has 2 aromatic heterocycles. The first kappa shape index (κ1) is 14.8. The molecule has 112 valence electrons. The Bertz CT molecular complexity index is 695. The number of hydrogen-bond donors (Lipinski definition) is 1. The number of hydrogen-bond acceptors (Lipinski definition) is 4. The molecule has 0 aliphatic carbocycles. The minimum atomic E-state index is -4.70. The molecule has 0 saturated heterocycles. The zero-order valence-corrected chi connectivity index (χ0v) is 11.0. The molecule has 0 bridgehead atoms. The molecule has 0 aromatic carbocycles. The van der Waals surface area contributed by atoms with Crippen molar-refractivity contribution in [2.75, 3.05) is 0 Å². The molecule has 9 heteroatoms. The van der Waals surface area contributed by atoms with Crippen LogP contribution in [-0.2, 0) is 13.2 Å². The molecule has 0 aliphatic heterocycles. The van der Waals surface area contributed by atoms with Crippen molar-refractivity contribution in [1.29, 1.82) is 0 Å². The van der Waals surface area contributed by atoms with E-state index in [4.69, 9.17) is 9.84 Å². The van der Waals surface area contributed by atoms with Crippen LogP contribution in [0.4, 0.5) is 13.2 Å². The van der Waals surface area contributed by atoms with Gasteiger partial charge in [-0.15, -0.1) is 0 Å². The highest BCUT2D eigenvalue weighted by Crippen LogP contribution is 2.31. The number of aromatic nitrogens is 3. The highest BCUT2D eigenvalue weighted by Gasteiger charge is 2.34. The van der Waals surface area contributed by atoms with Crippen LogP contribution in [0.3, 0.4) is 0 Å². The van der Waals surface area contributed by atoms with Gasteiger partial charge in [-0.2, -0.15) is 18.3 Å². The van der Waals surface area contributed by atoms with E-state index in [1.54, 1.807) is 6.92 Å². The topological polar surface area (TPSA) is 77.2 Å². The van der Waals surface area contributed by atoms with Gasteiger partial charge in [-0.05, 0) is 19.1 Å². The average Bonchev–Trinajstić information content (AvgIpc) is 2.66. The Morgan fingerprint density at radius 2 is 2.05 bits per heavy atom. The van der Waals surface area contributed by atoms with Crippen molar-refractivity contribution in [2.24, 2.45) is 7.05 Å². The molecular formula is C12H10F3N3O3. The summed E-state index contributed by atoms with van der Waals surface area (Å²) in [6.07, 6.45) is -4.70. The summed E-state index contributed by atoms with van der Waals surface area (Å²) in [6, 6.07) is 2.84. The molecule has 0 aliphatic rings. The first-order valence-electron chi connectivity index (χ1n) is 5.68. The van der Waals surface area contributed by atoms with Crippen LogP contribution in [0.5, 0.6) is 11.8 Å². The Balaban J connectivity index is 2.49. The molecule has 0 atom stereocenters. The van der Waals surface area contributed by atoms with Crippen LogP contribution in [0.2, 0.25) is 0 Å². The Kier molecular flexibility index (Phi) is 3.58. The lowest BCUT2D eigenvalue weighted by Gasteiger charge is -2.11. The highest BCUT2D eigenvalue weighted by molar-refractivity contribution is 5.90. The smallest absolute Gasteiger partial charge is 0.433 e. The van der Waals surface area contributed by atoms with E-state index in [1.807, 2.05) is 0 Å². The largest absolute Gasteiger partial charge is 0.477 e. The molecule has 21 heavy (non-hydrogen) atoms. The van der Waals surface area contributed by atoms with Gasteiger partial charge in [0.05, 0.1) is 5.69 Å². The van der Waals surface area contributed by atoms with E-state index in [1.165, 1.54) is 17.8 Å². The van der Waals surface area contributed by atoms with Crippen LogP contribution < -0.4 is 4.74 Å². The number of halogens is 3. The maximum atomic E-state index is 12.6. The Labute approximate surface area is 116 Å². The fourth-order valence-electron chi connectivity index (χ4n) is 1.62. The van der Waals surface area contributed by atoms with E-state index < -0.39 is 29.3 Å². The molecule has 0 saturated carbocycles. The summed E-state index contributed by atoms with van der Waals surface area (Å²) in [5, 5.41) is 12.9. The quantitative estimate of drug-likeness (QED) is 0.943. The first-order valence-corrected chi connectivity index (χ1v) is 5.68. The van der Waals surface area contributed by atoms with E-state index in [2.05, 4.69) is 10.1 Å². The van der Waals surface area contributed by atoms with Crippen LogP contribution in [0.1, 0.15) is 21.7 Å². The molecule has 6 nitrogen and oxygen atoms in total. The molecule has 2 heterocycles. The van der Waals surface area contributed by atoms with E-state index >= 15 is 0 Å². The van der Waals surface area contributed by atoms with Crippen molar-refractivity contribution < 1.29 is 27.8 Å². The van der Waals surface area contributed by atoms with E-state index in [9.17, 15) is 18.0 Å². The fourth-order valence-corrected chi connectivity index (χ4v) is 1.62. The SMILES string of the molecule is Cc1cc(Oc2nc(C(F)(F)F)ccc2C(=O)O)n(C)n1. The third-order valence-corrected chi connectivity index (χ3v) is 2.54. The highest BCUT2D eigenvalue weighted by atomic mass is 19.4. The van der Waals surface area contributed by atoms with Crippen molar-refractivity contribution >= 4 is 5.97 Å². The van der Waals surface area contributed by atoms with E-state index in [0.717, 1.165) is 6.07 Å². The Morgan fingerprint density at radius 3 is 2.52 bits per heavy atom. The molecule has 0 amide bonds. The van der Waals surface area contributed by atoms with Crippen molar-refractivity contribution in [3.8, 4) is 11.8 Å². The van der Waals surface area contributed by atoms with Crippen LogP contribution in [0.25, 0.3) is 0 Å². The lowest BCUT2D eigenvalue weighted by Crippen LogP contribution is -2.11. The van der Waals surface area contributed by atoms with Crippen molar-refractivity contribution in [3.63, 3.8) is 0 Å². The van der Waals surface area contributed by atoms with E-state index in [-0.39, 0.29) is 5.88 Å². The van der Waals surface area contributed by atoms with Gasteiger partial charge in [-0.3, -0.25) is 0 Å². The molecule has 0 spiro atoms. The number of carboxylic acids is 1. The third kappa shape index (κ3) is 3.12. The number of aromatic carboxylic acids is 1. The number of carboxylic acid groups (broad SMARTS) is 1. The number of alkyl halides is 3. The van der Waals surface area contributed by atoms with Crippen molar-refractivity contribution in [3.05, 3.63) is 35.2 Å². The second-order valence-corrected chi connectivity index (χ2v) is 4.20. The second-order valence-electron chi connectivity index (χ2n) is 4.20. The van der Waals surface area contributed by atoms with Gasteiger partial charge in [0, 0.05) is 13.1 Å². The minimum Gasteiger partial charge on any atom is -0.477 e. The Hall–Kier alpha value is -2.58. The minimum absolute atomic E-state index is 0.0850. The van der Waals surface area contributed by atoms with Gasteiger partial charge in [0.25, 0.3) is 0 Å². The monoisotopic (exact) mass is 301 g/mol. The fraction of sp³-hybridized carbons (Fsp3) is 0.250. The van der Waals surface area contributed by atoms with Gasteiger partial charge in [0.15, 0.2) is 0 Å². The molecule has 2 aromatic rings. The number of rotatable bonds is 3. The van der Waals surface area contributed by atoms with Crippen LogP contribution >= 0.6 is 0 Å². The third-order valence-electron chi connectivity index (χ3n) is 2.54. The van der Waals surface area contributed by atoms with Crippen LogP contribution in [0.15, 0.2) is 18.2 Å². The van der Waals surface area contributed by atoms with Crippen molar-refractivity contribution in [2.45, 2.75) is 13.1 Å². The maximum absolute atomic E-state index is 12.6. The van der Waals surface area contributed by atoms with Gasteiger partial charge in [0.2, 0.25) is 11.8 Å². The lowest BCUT2D eigenvalue weighted by atomic mass is 10.2. The van der Waals surface area contributed by atoms with Gasteiger partial charge >= 0.3 is 12.1 Å². The molecular weight excluding hydrogens is 291 g/mol. The average molecular weight is 301 g/mol. The lowest BCUT2D eigenvalue weighted by molar-refractivity contribution is -0.141. The van der Waals surface area contributed by atoms with Gasteiger partial charge in [-0.25, -0.2) is 14.5 Å². The molecule has 0 radical (unpaired) electrons. The second kappa shape index (κ2) is 5.08. The zero-order chi connectivity index (χ0) is 15.8. The number of nitrogens with zero attached hydrogens (tertiary/aromatic N) is 3. The first-order chi connectivity index (χ1) is 9.68. The predicted molar refractivity (Wildman–Crippen MR) is 64.2 cm³/mol. The summed E-state index contributed by atoms with van der Waals surface area (Å²) in [5.41, 5.74) is -1.14. The zero-order valence-electron chi connectivity index (χ0n) is 11.0. The summed E-state index contributed by atoms with van der Waals surface area (Å²) in [7, 11) is 1.51. The van der Waals surface area contributed by atoms with Gasteiger partial charge in [-0.1, -0.05) is 0 Å². The van der Waals surface area contributed by atoms with Gasteiger partial charge in [0.1, 0.15) is 11.3 Å². The maximum Gasteiger partial charge on any atom is 0.433 e. The van der Waals surface area contributed by atoms with Gasteiger partial charge < -0.3 is 9.84 Å². The molecule has 2 rings (SSSR count). The standard InChI is InChI=1S/C12H10F3N3O3/c1-6-5-9(18(2)17-6)21-10-7(11(19)20)3-4-8(16-10)12(13,14)15/h3-5H,1-2H3,(H,19,20). The number of ether oxygens (including phenoxy) is 1. The Morgan fingerprint density at radius 1 is 1.38 bits per heavy atom. The summed E-state index contributed by atoms with van der Waals surface area (Å²) >= 11 is 0. The summed E-state index contributed by atoms with van der Waals surface area (Å²) in [4.78, 5) is 14.3. The van der Waals surface area contributed by atoms with Crippen LogP contribution in [-0.4, -0.2) is 25.8 Å². The van der Waals surface area contributed by atoms with Crippen LogP contribution in [0, 0.1) is 6.92 Å². The van der Waals surface area contributed by atoms with E-state index in [0.29, 0.717) is 11.8 Å². The molecule has 0 unspecified atom stereocenters. The molecule has 0 fully saturated rings. The van der Waals surface area contributed by atoms with Crippen molar-refractivity contribution in [1.82, 2.24) is 14.8 Å². The predicted octanol–water partition coefficient (Wildman–Crippen LogP) is 2.63. The molecule has 1 N–H and O–H groups in total. The summed E-state index contributed by atoms with van der Waals surface area (Å²) < 4.78 is 44.4. The normalized spacial score (nSPS) is 11.5. The summed E-state index contributed by atoms with van der Waals surface area (Å²) in [6.45, 7) is 1.66.